The molecule has 0 aliphatic carbocycles. The van der Waals surface area contributed by atoms with Gasteiger partial charge in [0.25, 0.3) is 0 Å². The van der Waals surface area contributed by atoms with Crippen molar-refractivity contribution in [3.8, 4) is 5.75 Å². The van der Waals surface area contributed by atoms with Crippen molar-refractivity contribution < 1.29 is 14.3 Å². The minimum Gasteiger partial charge on any atom is -0.497 e. The van der Waals surface area contributed by atoms with Crippen LogP contribution in [-0.2, 0) is 4.74 Å². The maximum atomic E-state index is 12.0. The number of ether oxygens (including phenoxy) is 2. The molecule has 102 valence electrons. The van der Waals surface area contributed by atoms with E-state index in [2.05, 4.69) is 5.32 Å². The Balaban J connectivity index is 1.92. The lowest BCUT2D eigenvalue weighted by Crippen LogP contribution is -2.57. The van der Waals surface area contributed by atoms with Crippen molar-refractivity contribution in [1.29, 1.82) is 0 Å². The lowest BCUT2D eigenvalue weighted by atomic mass is 9.89. The second-order valence-corrected chi connectivity index (χ2v) is 5.09. The van der Waals surface area contributed by atoms with Crippen molar-refractivity contribution >= 4 is 11.8 Å². The van der Waals surface area contributed by atoms with Gasteiger partial charge in [-0.15, -0.1) is 0 Å². The Bertz CT molecular complexity index is 466. The van der Waals surface area contributed by atoms with Gasteiger partial charge in [0.2, 0.25) is 0 Å². The Hall–Kier alpha value is -1.75. The number of methoxy groups -OCH3 is 1. The van der Waals surface area contributed by atoms with Crippen molar-refractivity contribution in [3.63, 3.8) is 0 Å². The number of rotatable bonds is 2. The molecule has 2 heterocycles. The average Bonchev–Trinajstić information content (AvgIpc) is 2.77. The zero-order chi connectivity index (χ0) is 13.3. The highest BCUT2D eigenvalue weighted by atomic mass is 16.6. The van der Waals surface area contributed by atoms with E-state index in [4.69, 9.17) is 9.47 Å². The van der Waals surface area contributed by atoms with Crippen LogP contribution in [0.3, 0.4) is 0 Å². The minimum absolute atomic E-state index is 0.232. The number of anilines is 1. The molecule has 0 aromatic heterocycles. The van der Waals surface area contributed by atoms with Gasteiger partial charge in [-0.2, -0.15) is 0 Å². The maximum Gasteiger partial charge on any atom is 0.415 e. The summed E-state index contributed by atoms with van der Waals surface area (Å²) in [6.07, 6.45) is 1.77. The molecule has 1 N–H and O–H groups in total. The van der Waals surface area contributed by atoms with Crippen LogP contribution in [0.25, 0.3) is 0 Å². The highest BCUT2D eigenvalue weighted by Crippen LogP contribution is 2.35. The molecule has 1 amide bonds. The summed E-state index contributed by atoms with van der Waals surface area (Å²) in [6.45, 7) is 2.25. The third-order valence-electron chi connectivity index (χ3n) is 3.90. The molecule has 1 atom stereocenters. The van der Waals surface area contributed by atoms with E-state index >= 15 is 0 Å². The smallest absolute Gasteiger partial charge is 0.415 e. The zero-order valence-electron chi connectivity index (χ0n) is 11.0. The van der Waals surface area contributed by atoms with Gasteiger partial charge < -0.3 is 14.8 Å². The summed E-state index contributed by atoms with van der Waals surface area (Å²) in [4.78, 5) is 13.8. The number of piperidine rings is 1. The summed E-state index contributed by atoms with van der Waals surface area (Å²) >= 11 is 0. The van der Waals surface area contributed by atoms with E-state index in [1.165, 1.54) is 0 Å². The topological polar surface area (TPSA) is 50.8 Å². The van der Waals surface area contributed by atoms with Gasteiger partial charge in [-0.3, -0.25) is 4.90 Å². The van der Waals surface area contributed by atoms with Gasteiger partial charge >= 0.3 is 6.09 Å². The van der Waals surface area contributed by atoms with Gasteiger partial charge in [0, 0.05) is 12.2 Å². The van der Waals surface area contributed by atoms with Crippen molar-refractivity contribution in [1.82, 2.24) is 5.32 Å². The highest BCUT2D eigenvalue weighted by Gasteiger charge is 2.48. The first-order valence-electron chi connectivity index (χ1n) is 6.57. The Labute approximate surface area is 112 Å². The predicted molar refractivity (Wildman–Crippen MR) is 71.7 cm³/mol. The van der Waals surface area contributed by atoms with Gasteiger partial charge in [0.05, 0.1) is 12.6 Å². The Morgan fingerprint density at radius 2 is 2.16 bits per heavy atom. The van der Waals surface area contributed by atoms with Crippen LogP contribution in [-0.4, -0.2) is 38.4 Å². The van der Waals surface area contributed by atoms with E-state index in [0.29, 0.717) is 6.61 Å². The lowest BCUT2D eigenvalue weighted by Gasteiger charge is -2.38. The second kappa shape index (κ2) is 4.74. The van der Waals surface area contributed by atoms with Crippen molar-refractivity contribution in [2.45, 2.75) is 18.4 Å². The van der Waals surface area contributed by atoms with Gasteiger partial charge in [-0.1, -0.05) is 0 Å². The molecule has 1 aromatic carbocycles. The SMILES string of the molecule is COc1ccc(N2C(=O)OCC23CCCNC3)cc1. The number of carbonyl (C=O) groups excluding carboxylic acids is 1. The molecule has 5 nitrogen and oxygen atoms in total. The van der Waals surface area contributed by atoms with E-state index in [0.717, 1.165) is 37.4 Å². The summed E-state index contributed by atoms with van der Waals surface area (Å²) < 4.78 is 10.4. The second-order valence-electron chi connectivity index (χ2n) is 5.09. The van der Waals surface area contributed by atoms with E-state index in [9.17, 15) is 4.79 Å². The quantitative estimate of drug-likeness (QED) is 0.882. The largest absolute Gasteiger partial charge is 0.497 e. The van der Waals surface area contributed by atoms with Gasteiger partial charge in [0.1, 0.15) is 12.4 Å². The van der Waals surface area contributed by atoms with Crippen LogP contribution in [0.5, 0.6) is 5.75 Å². The van der Waals surface area contributed by atoms with E-state index in [-0.39, 0.29) is 11.6 Å². The maximum absolute atomic E-state index is 12.0. The third-order valence-corrected chi connectivity index (χ3v) is 3.90. The molecule has 2 fully saturated rings. The van der Waals surface area contributed by atoms with Gasteiger partial charge in [-0.25, -0.2) is 4.79 Å². The van der Waals surface area contributed by atoms with Crippen LogP contribution >= 0.6 is 0 Å². The fourth-order valence-electron chi connectivity index (χ4n) is 2.90. The van der Waals surface area contributed by atoms with Crippen LogP contribution in [0.4, 0.5) is 10.5 Å². The normalized spacial score (nSPS) is 26.6. The molecule has 1 unspecified atom stereocenters. The van der Waals surface area contributed by atoms with Gasteiger partial charge in [-0.05, 0) is 43.7 Å². The van der Waals surface area contributed by atoms with E-state index < -0.39 is 0 Å². The summed E-state index contributed by atoms with van der Waals surface area (Å²) in [5.74, 6) is 0.784. The van der Waals surface area contributed by atoms with Crippen molar-refractivity contribution in [2.75, 3.05) is 31.7 Å². The fourth-order valence-corrected chi connectivity index (χ4v) is 2.90. The van der Waals surface area contributed by atoms with Crippen LogP contribution in [0.1, 0.15) is 12.8 Å². The number of nitrogens with zero attached hydrogens (tertiary/aromatic N) is 1. The van der Waals surface area contributed by atoms with E-state index in [1.807, 2.05) is 24.3 Å². The number of hydrogen-bond donors (Lipinski definition) is 1. The number of amides is 1. The summed E-state index contributed by atoms with van der Waals surface area (Å²) in [5, 5.41) is 3.36. The first-order valence-corrected chi connectivity index (χ1v) is 6.57. The van der Waals surface area contributed by atoms with Crippen molar-refractivity contribution in [2.24, 2.45) is 0 Å². The first-order chi connectivity index (χ1) is 9.25. The molecular formula is C14H18N2O3. The molecule has 0 bridgehead atoms. The van der Waals surface area contributed by atoms with Crippen molar-refractivity contribution in [3.05, 3.63) is 24.3 Å². The fraction of sp³-hybridized carbons (Fsp3) is 0.500. The highest BCUT2D eigenvalue weighted by molar-refractivity contribution is 5.91. The number of benzene rings is 1. The number of hydrogen-bond acceptors (Lipinski definition) is 4. The van der Waals surface area contributed by atoms with Crippen LogP contribution < -0.4 is 15.0 Å². The number of nitrogens with one attached hydrogen (secondary N) is 1. The summed E-state index contributed by atoms with van der Waals surface area (Å²) in [6, 6.07) is 7.54. The van der Waals surface area contributed by atoms with Crippen LogP contribution in [0.2, 0.25) is 0 Å². The molecule has 19 heavy (non-hydrogen) atoms. The standard InChI is InChI=1S/C14H18N2O3/c1-18-12-5-3-11(4-6-12)16-13(17)19-10-14(16)7-2-8-15-9-14/h3-6,15H,2,7-10H2,1H3. The molecule has 2 saturated heterocycles. The Morgan fingerprint density at radius 3 is 2.79 bits per heavy atom. The number of carbonyl (C=O) groups is 1. The summed E-state index contributed by atoms with van der Waals surface area (Å²) in [7, 11) is 1.63. The van der Waals surface area contributed by atoms with Crippen LogP contribution in [0, 0.1) is 0 Å². The molecule has 2 aliphatic rings. The monoisotopic (exact) mass is 262 g/mol. The third kappa shape index (κ3) is 2.04. The molecule has 5 heteroatoms. The molecule has 1 aromatic rings. The molecule has 0 radical (unpaired) electrons. The van der Waals surface area contributed by atoms with Crippen LogP contribution in [0.15, 0.2) is 24.3 Å². The predicted octanol–water partition coefficient (Wildman–Crippen LogP) is 1.77. The molecular weight excluding hydrogens is 244 g/mol. The summed E-state index contributed by atoms with van der Waals surface area (Å²) in [5.41, 5.74) is 0.635. The minimum atomic E-state index is -0.256. The first kappa shape index (κ1) is 12.3. The lowest BCUT2D eigenvalue weighted by molar-refractivity contribution is 0.167. The average molecular weight is 262 g/mol. The zero-order valence-corrected chi connectivity index (χ0v) is 11.0. The Morgan fingerprint density at radius 1 is 1.37 bits per heavy atom. The Kier molecular flexibility index (Phi) is 3.06. The number of cyclic esters (lactones) is 1. The molecule has 1 spiro atoms. The molecule has 3 rings (SSSR count). The molecule has 0 saturated carbocycles. The van der Waals surface area contributed by atoms with E-state index in [1.54, 1.807) is 12.0 Å². The van der Waals surface area contributed by atoms with Gasteiger partial charge in [0.15, 0.2) is 0 Å². The molecule has 2 aliphatic heterocycles.